The number of anilines is 2. The average molecular weight is 365 g/mol. The van der Waals surface area contributed by atoms with Gasteiger partial charge in [-0.2, -0.15) is 0 Å². The van der Waals surface area contributed by atoms with Gasteiger partial charge in [0.25, 0.3) is 5.91 Å². The number of rotatable bonds is 8. The number of para-hydroxylation sites is 1. The summed E-state index contributed by atoms with van der Waals surface area (Å²) in [6, 6.07) is 12.8. The summed E-state index contributed by atoms with van der Waals surface area (Å²) in [6.45, 7) is 6.22. The zero-order valence-corrected chi connectivity index (χ0v) is 15.4. The molecule has 1 amide bonds. The number of hydrogen-bond donors (Lipinski definition) is 2. The number of nitrogens with two attached hydrogens (primary N) is 1. The van der Waals surface area contributed by atoms with Gasteiger partial charge in [-0.15, -0.1) is 12.4 Å². The minimum atomic E-state index is -0.217. The van der Waals surface area contributed by atoms with Crippen molar-refractivity contribution in [2.75, 3.05) is 30.9 Å². The molecule has 0 radical (unpaired) electrons. The molecule has 3 N–H and O–H groups in total. The molecule has 0 aliphatic carbocycles. The molecule has 5 nitrogen and oxygen atoms in total. The van der Waals surface area contributed by atoms with E-state index in [9.17, 15) is 4.79 Å². The van der Waals surface area contributed by atoms with Crippen molar-refractivity contribution in [3.8, 4) is 0 Å². The van der Waals surface area contributed by atoms with Crippen molar-refractivity contribution in [2.45, 2.75) is 20.5 Å². The molecule has 0 atom stereocenters. The molecule has 0 unspecified atom stereocenters. The molecule has 0 aliphatic rings. The van der Waals surface area contributed by atoms with E-state index in [1.165, 1.54) is 0 Å². The fourth-order valence-electron chi connectivity index (χ4n) is 2.31. The lowest BCUT2D eigenvalue weighted by Gasteiger charge is -2.13. The number of benzene rings is 2. The molecule has 0 saturated carbocycles. The Hall–Kier alpha value is -2.08. The number of nitrogen functional groups attached to an aromatic ring is 1. The van der Waals surface area contributed by atoms with Crippen LogP contribution in [-0.2, 0) is 16.1 Å². The van der Waals surface area contributed by atoms with Crippen LogP contribution in [-0.4, -0.2) is 25.7 Å². The van der Waals surface area contributed by atoms with E-state index in [1.54, 1.807) is 24.3 Å². The third kappa shape index (κ3) is 6.05. The number of hydrogen-bond acceptors (Lipinski definition) is 4. The van der Waals surface area contributed by atoms with Crippen LogP contribution in [0.4, 0.5) is 11.4 Å². The molecule has 2 aromatic rings. The molecule has 25 heavy (non-hydrogen) atoms. The van der Waals surface area contributed by atoms with Crippen LogP contribution in [0.15, 0.2) is 42.5 Å². The summed E-state index contributed by atoms with van der Waals surface area (Å²) >= 11 is 0. The van der Waals surface area contributed by atoms with Crippen molar-refractivity contribution in [1.29, 1.82) is 0 Å². The highest BCUT2D eigenvalue weighted by Crippen LogP contribution is 2.21. The number of amides is 1. The summed E-state index contributed by atoms with van der Waals surface area (Å²) < 4.78 is 10.9. The molecular formula is C19H25ClN2O3. The predicted molar refractivity (Wildman–Crippen MR) is 103 cm³/mol. The van der Waals surface area contributed by atoms with Gasteiger partial charge in [-0.1, -0.05) is 24.3 Å². The Labute approximate surface area is 154 Å². The van der Waals surface area contributed by atoms with Gasteiger partial charge < -0.3 is 20.5 Å². The molecule has 0 spiro atoms. The molecule has 2 rings (SSSR count). The Kier molecular flexibility index (Phi) is 8.99. The van der Waals surface area contributed by atoms with E-state index in [0.717, 1.165) is 16.8 Å². The minimum Gasteiger partial charge on any atom is -0.398 e. The molecule has 0 fully saturated rings. The van der Waals surface area contributed by atoms with Crippen LogP contribution in [0.25, 0.3) is 0 Å². The van der Waals surface area contributed by atoms with E-state index in [4.69, 9.17) is 15.2 Å². The number of halogens is 1. The van der Waals surface area contributed by atoms with Gasteiger partial charge in [-0.3, -0.25) is 4.79 Å². The average Bonchev–Trinajstić information content (AvgIpc) is 2.58. The largest absolute Gasteiger partial charge is 0.398 e. The molecular weight excluding hydrogens is 340 g/mol. The van der Waals surface area contributed by atoms with E-state index < -0.39 is 0 Å². The molecule has 0 saturated heterocycles. The number of carbonyl (C=O) groups excluding carboxylic acids is 1. The van der Waals surface area contributed by atoms with Crippen molar-refractivity contribution in [1.82, 2.24) is 0 Å². The summed E-state index contributed by atoms with van der Waals surface area (Å²) in [4.78, 5) is 12.4. The highest BCUT2D eigenvalue weighted by atomic mass is 35.5. The van der Waals surface area contributed by atoms with E-state index in [2.05, 4.69) is 5.32 Å². The van der Waals surface area contributed by atoms with Crippen molar-refractivity contribution >= 4 is 29.7 Å². The molecule has 6 heteroatoms. The standard InChI is InChI=1S/C19H24N2O3.ClH/c1-3-23-11-12-24-13-15-7-6-10-18(14(15)2)21-19(22)16-8-4-5-9-17(16)20;/h4-10H,3,11-13,20H2,1-2H3,(H,21,22);1H. The smallest absolute Gasteiger partial charge is 0.257 e. The van der Waals surface area contributed by atoms with Gasteiger partial charge in [0.05, 0.1) is 25.4 Å². The summed E-state index contributed by atoms with van der Waals surface area (Å²) in [6.07, 6.45) is 0. The van der Waals surface area contributed by atoms with Crippen LogP contribution in [0.2, 0.25) is 0 Å². The topological polar surface area (TPSA) is 73.6 Å². The Bertz CT molecular complexity index is 692. The summed E-state index contributed by atoms with van der Waals surface area (Å²) in [5.74, 6) is -0.217. The van der Waals surface area contributed by atoms with Gasteiger partial charge in [0, 0.05) is 18.0 Å². The molecule has 0 heterocycles. The van der Waals surface area contributed by atoms with E-state index >= 15 is 0 Å². The van der Waals surface area contributed by atoms with E-state index in [0.29, 0.717) is 37.7 Å². The molecule has 0 bridgehead atoms. The second-order valence-electron chi connectivity index (χ2n) is 5.38. The van der Waals surface area contributed by atoms with E-state index in [-0.39, 0.29) is 18.3 Å². The van der Waals surface area contributed by atoms with Crippen molar-refractivity contribution in [3.63, 3.8) is 0 Å². The second kappa shape index (κ2) is 10.7. The molecule has 0 aromatic heterocycles. The van der Waals surface area contributed by atoms with Crippen LogP contribution in [0, 0.1) is 6.92 Å². The first kappa shape index (κ1) is 21.0. The first-order valence-corrected chi connectivity index (χ1v) is 8.03. The quantitative estimate of drug-likeness (QED) is 0.552. The third-order valence-electron chi connectivity index (χ3n) is 3.73. The first-order chi connectivity index (χ1) is 11.6. The SMILES string of the molecule is CCOCCOCc1cccc(NC(=O)c2ccccc2N)c1C.Cl. The van der Waals surface area contributed by atoms with Crippen LogP contribution in [0.5, 0.6) is 0 Å². The normalized spacial score (nSPS) is 10.2. The first-order valence-electron chi connectivity index (χ1n) is 8.03. The monoisotopic (exact) mass is 364 g/mol. The summed E-state index contributed by atoms with van der Waals surface area (Å²) in [7, 11) is 0. The van der Waals surface area contributed by atoms with Gasteiger partial charge in [0.15, 0.2) is 0 Å². The Balaban J connectivity index is 0.00000312. The van der Waals surface area contributed by atoms with Crippen LogP contribution < -0.4 is 11.1 Å². The number of nitrogens with one attached hydrogen (secondary N) is 1. The van der Waals surface area contributed by atoms with Crippen molar-refractivity contribution in [2.24, 2.45) is 0 Å². The van der Waals surface area contributed by atoms with Gasteiger partial charge in [0.2, 0.25) is 0 Å². The Morgan fingerprint density at radius 3 is 2.52 bits per heavy atom. The predicted octanol–water partition coefficient (Wildman–Crippen LogP) is 3.80. The van der Waals surface area contributed by atoms with E-state index in [1.807, 2.05) is 32.0 Å². The number of carbonyl (C=O) groups is 1. The zero-order valence-electron chi connectivity index (χ0n) is 14.6. The maximum absolute atomic E-state index is 12.4. The van der Waals surface area contributed by atoms with Gasteiger partial charge >= 0.3 is 0 Å². The lowest BCUT2D eigenvalue weighted by Crippen LogP contribution is -2.15. The maximum Gasteiger partial charge on any atom is 0.257 e. The highest BCUT2D eigenvalue weighted by molar-refractivity contribution is 6.08. The van der Waals surface area contributed by atoms with Crippen LogP contribution in [0.3, 0.4) is 0 Å². The van der Waals surface area contributed by atoms with Gasteiger partial charge in [-0.25, -0.2) is 0 Å². The summed E-state index contributed by atoms with van der Waals surface area (Å²) in [5.41, 5.74) is 9.56. The van der Waals surface area contributed by atoms with Crippen molar-refractivity contribution < 1.29 is 14.3 Å². The third-order valence-corrected chi connectivity index (χ3v) is 3.73. The lowest BCUT2D eigenvalue weighted by molar-refractivity contribution is 0.0451. The van der Waals surface area contributed by atoms with Crippen LogP contribution in [0.1, 0.15) is 28.4 Å². The summed E-state index contributed by atoms with van der Waals surface area (Å²) in [5, 5.41) is 2.92. The second-order valence-corrected chi connectivity index (χ2v) is 5.38. The molecule has 0 aliphatic heterocycles. The van der Waals surface area contributed by atoms with Gasteiger partial charge in [0.1, 0.15) is 0 Å². The molecule has 136 valence electrons. The van der Waals surface area contributed by atoms with Gasteiger partial charge in [-0.05, 0) is 43.2 Å². The minimum absolute atomic E-state index is 0. The highest BCUT2D eigenvalue weighted by Gasteiger charge is 2.11. The number of ether oxygens (including phenoxy) is 2. The molecule has 2 aromatic carbocycles. The van der Waals surface area contributed by atoms with Crippen molar-refractivity contribution in [3.05, 3.63) is 59.2 Å². The Morgan fingerprint density at radius 1 is 1.08 bits per heavy atom. The fraction of sp³-hybridized carbons (Fsp3) is 0.316. The lowest BCUT2D eigenvalue weighted by atomic mass is 10.1. The fourth-order valence-corrected chi connectivity index (χ4v) is 2.31. The maximum atomic E-state index is 12.4. The zero-order chi connectivity index (χ0) is 17.4. The Morgan fingerprint density at radius 2 is 1.80 bits per heavy atom. The van der Waals surface area contributed by atoms with Crippen LogP contribution >= 0.6 is 12.4 Å².